The molecule has 0 saturated heterocycles. The van der Waals surface area contributed by atoms with E-state index >= 15 is 0 Å². The molecule has 2 aromatic heterocycles. The average molecular weight is 355 g/mol. The minimum absolute atomic E-state index is 0.187. The van der Waals surface area contributed by atoms with Crippen LogP contribution in [-0.2, 0) is 19.5 Å². The number of carbonyl (C=O) groups is 2. The molecule has 0 spiro atoms. The Morgan fingerprint density at radius 2 is 2.08 bits per heavy atom. The van der Waals surface area contributed by atoms with E-state index in [0.29, 0.717) is 24.6 Å². The number of imidazole rings is 1. The Hall–Kier alpha value is -2.70. The first kappa shape index (κ1) is 18.1. The lowest BCUT2D eigenvalue weighted by Crippen LogP contribution is -2.27. The lowest BCUT2D eigenvalue weighted by atomic mass is 10.1. The molecule has 0 radical (unpaired) electrons. The number of hydrogen-bond donors (Lipinski definition) is 2. The molecule has 138 valence electrons. The number of carbonyl (C=O) groups excluding carboxylic acids is 2. The molecule has 0 saturated carbocycles. The second kappa shape index (κ2) is 8.60. The highest BCUT2D eigenvalue weighted by Crippen LogP contribution is 2.21. The Morgan fingerprint density at radius 1 is 1.19 bits per heavy atom. The Kier molecular flexibility index (Phi) is 5.99. The number of aromatic nitrogens is 3. The molecule has 3 rings (SSSR count). The number of pyridine rings is 1. The van der Waals surface area contributed by atoms with Crippen molar-refractivity contribution in [1.82, 2.24) is 25.2 Å². The smallest absolute Gasteiger partial charge is 0.287 e. The average Bonchev–Trinajstić information content (AvgIpc) is 3.07. The third-order valence-corrected chi connectivity index (χ3v) is 4.51. The van der Waals surface area contributed by atoms with Gasteiger partial charge in [0.25, 0.3) is 11.8 Å². The first-order chi connectivity index (χ1) is 12.7. The minimum atomic E-state index is -0.272. The van der Waals surface area contributed by atoms with Gasteiger partial charge in [0.2, 0.25) is 0 Å². The summed E-state index contributed by atoms with van der Waals surface area (Å²) in [7, 11) is 0. The van der Waals surface area contributed by atoms with Crippen molar-refractivity contribution in [3.63, 3.8) is 0 Å². The van der Waals surface area contributed by atoms with Crippen molar-refractivity contribution in [3.8, 4) is 0 Å². The highest BCUT2D eigenvalue weighted by molar-refractivity contribution is 5.97. The van der Waals surface area contributed by atoms with Gasteiger partial charge in [0.05, 0.1) is 17.9 Å². The third kappa shape index (κ3) is 4.09. The summed E-state index contributed by atoms with van der Waals surface area (Å²) in [4.78, 5) is 33.7. The summed E-state index contributed by atoms with van der Waals surface area (Å²) in [6, 6.07) is 5.57. The number of nitrogens with zero attached hydrogens (tertiary/aromatic N) is 3. The zero-order valence-electron chi connectivity index (χ0n) is 15.1. The van der Waals surface area contributed by atoms with E-state index in [9.17, 15) is 9.59 Å². The molecule has 2 N–H and O–H groups in total. The molecule has 1 aliphatic rings. The van der Waals surface area contributed by atoms with E-state index in [1.54, 1.807) is 6.20 Å². The number of nitrogens with one attached hydrogen (secondary N) is 2. The van der Waals surface area contributed by atoms with E-state index in [2.05, 4.69) is 27.5 Å². The Morgan fingerprint density at radius 3 is 2.85 bits per heavy atom. The molecule has 3 heterocycles. The predicted octanol–water partition coefficient (Wildman–Crippen LogP) is 2.07. The van der Waals surface area contributed by atoms with Crippen LogP contribution in [0.25, 0.3) is 0 Å². The summed E-state index contributed by atoms with van der Waals surface area (Å²) < 4.78 is 1.89. The van der Waals surface area contributed by atoms with Gasteiger partial charge >= 0.3 is 0 Å². The number of unbranched alkanes of at least 4 members (excludes halogenated alkanes) is 1. The Balaban J connectivity index is 1.76. The van der Waals surface area contributed by atoms with Gasteiger partial charge in [-0.25, -0.2) is 4.98 Å². The van der Waals surface area contributed by atoms with Crippen LogP contribution in [0.3, 0.4) is 0 Å². The summed E-state index contributed by atoms with van der Waals surface area (Å²) in [5.74, 6) is -0.143. The van der Waals surface area contributed by atoms with E-state index < -0.39 is 0 Å². The maximum atomic E-state index is 12.6. The largest absolute Gasteiger partial charge is 0.351 e. The van der Waals surface area contributed by atoms with Crippen LogP contribution in [0.4, 0.5) is 0 Å². The van der Waals surface area contributed by atoms with Gasteiger partial charge in [-0.3, -0.25) is 14.6 Å². The number of fused-ring (bicyclic) bond motifs is 1. The van der Waals surface area contributed by atoms with E-state index in [-0.39, 0.29) is 11.8 Å². The van der Waals surface area contributed by atoms with Crippen LogP contribution >= 0.6 is 0 Å². The molecule has 0 unspecified atom stereocenters. The van der Waals surface area contributed by atoms with Gasteiger partial charge in [0.1, 0.15) is 5.69 Å². The van der Waals surface area contributed by atoms with Gasteiger partial charge in [-0.15, -0.1) is 0 Å². The third-order valence-electron chi connectivity index (χ3n) is 4.51. The van der Waals surface area contributed by atoms with E-state index in [4.69, 9.17) is 0 Å². The van der Waals surface area contributed by atoms with Crippen LogP contribution in [0.2, 0.25) is 0 Å². The summed E-state index contributed by atoms with van der Waals surface area (Å²) in [5, 5.41) is 5.76. The summed E-state index contributed by atoms with van der Waals surface area (Å²) in [6.45, 7) is 3.76. The molecule has 0 aromatic carbocycles. The van der Waals surface area contributed by atoms with Crippen LogP contribution in [-0.4, -0.2) is 32.9 Å². The van der Waals surface area contributed by atoms with Crippen molar-refractivity contribution in [2.24, 2.45) is 0 Å². The zero-order valence-corrected chi connectivity index (χ0v) is 15.1. The molecule has 26 heavy (non-hydrogen) atoms. The fourth-order valence-corrected chi connectivity index (χ4v) is 3.11. The quantitative estimate of drug-likeness (QED) is 0.744. The first-order valence-electron chi connectivity index (χ1n) is 9.26. The van der Waals surface area contributed by atoms with Crippen molar-refractivity contribution in [1.29, 1.82) is 0 Å². The van der Waals surface area contributed by atoms with Gasteiger partial charge in [0, 0.05) is 19.3 Å². The molecule has 0 atom stereocenters. The van der Waals surface area contributed by atoms with Crippen LogP contribution in [0.5, 0.6) is 0 Å². The number of amides is 2. The molecule has 0 aliphatic carbocycles. The van der Waals surface area contributed by atoms with E-state index in [1.165, 1.54) is 0 Å². The molecule has 2 aromatic rings. The monoisotopic (exact) mass is 355 g/mol. The molecular formula is C19H25N5O2. The van der Waals surface area contributed by atoms with E-state index in [0.717, 1.165) is 50.0 Å². The van der Waals surface area contributed by atoms with Gasteiger partial charge in [-0.05, 0) is 37.8 Å². The molecular weight excluding hydrogens is 330 g/mol. The number of rotatable bonds is 7. The van der Waals surface area contributed by atoms with Crippen molar-refractivity contribution in [2.45, 2.75) is 52.1 Å². The van der Waals surface area contributed by atoms with E-state index in [1.807, 2.05) is 22.8 Å². The van der Waals surface area contributed by atoms with Gasteiger partial charge in [-0.2, -0.15) is 0 Å². The van der Waals surface area contributed by atoms with Gasteiger partial charge in [0.15, 0.2) is 5.82 Å². The second-order valence-electron chi connectivity index (χ2n) is 6.45. The van der Waals surface area contributed by atoms with Gasteiger partial charge < -0.3 is 15.2 Å². The fourth-order valence-electron chi connectivity index (χ4n) is 3.11. The highest BCUT2D eigenvalue weighted by Gasteiger charge is 2.27. The maximum Gasteiger partial charge on any atom is 0.287 e. The summed E-state index contributed by atoms with van der Waals surface area (Å²) >= 11 is 0. The highest BCUT2D eigenvalue weighted by atomic mass is 16.2. The van der Waals surface area contributed by atoms with Crippen molar-refractivity contribution in [3.05, 3.63) is 47.3 Å². The van der Waals surface area contributed by atoms with Crippen LogP contribution in [0.15, 0.2) is 24.4 Å². The Labute approximate surface area is 153 Å². The molecule has 7 heteroatoms. The molecule has 0 fully saturated rings. The Bertz CT molecular complexity index is 770. The van der Waals surface area contributed by atoms with Crippen LogP contribution in [0, 0.1) is 0 Å². The first-order valence-corrected chi connectivity index (χ1v) is 9.26. The zero-order chi connectivity index (χ0) is 18.4. The van der Waals surface area contributed by atoms with Crippen LogP contribution < -0.4 is 10.6 Å². The summed E-state index contributed by atoms with van der Waals surface area (Å²) in [5.41, 5.74) is 2.04. The predicted molar refractivity (Wildman–Crippen MR) is 97.8 cm³/mol. The van der Waals surface area contributed by atoms with Crippen LogP contribution in [0.1, 0.15) is 65.1 Å². The summed E-state index contributed by atoms with van der Waals surface area (Å²) in [6.07, 6.45) is 6.41. The molecule has 0 bridgehead atoms. The molecule has 7 nitrogen and oxygen atoms in total. The lowest BCUT2D eigenvalue weighted by Gasteiger charge is -2.17. The topological polar surface area (TPSA) is 88.9 Å². The van der Waals surface area contributed by atoms with Crippen molar-refractivity contribution < 1.29 is 9.59 Å². The van der Waals surface area contributed by atoms with Crippen molar-refractivity contribution >= 4 is 11.8 Å². The standard InChI is InChI=1S/C19H25N5O2/c1-2-3-10-21-18(25)16-15-9-5-7-12-24(15)17(23-16)19(26)22-13-14-8-4-6-11-20-14/h4,6,8,11H,2-3,5,7,9-10,12-13H2,1H3,(H,21,25)(H,22,26). The van der Waals surface area contributed by atoms with Crippen molar-refractivity contribution in [2.75, 3.05) is 6.54 Å². The minimum Gasteiger partial charge on any atom is -0.351 e. The SMILES string of the molecule is CCCCNC(=O)c1nc(C(=O)NCc2ccccn2)n2c1CCCC2. The second-order valence-corrected chi connectivity index (χ2v) is 6.45. The molecule has 1 aliphatic heterocycles. The molecule has 2 amide bonds. The normalized spacial score (nSPS) is 13.1. The lowest BCUT2D eigenvalue weighted by molar-refractivity contribution is 0.0934. The number of hydrogen-bond acceptors (Lipinski definition) is 4. The van der Waals surface area contributed by atoms with Gasteiger partial charge in [-0.1, -0.05) is 19.4 Å². The fraction of sp³-hybridized carbons (Fsp3) is 0.474. The maximum absolute atomic E-state index is 12.6.